The summed E-state index contributed by atoms with van der Waals surface area (Å²) in [6.07, 6.45) is 4.91. The summed E-state index contributed by atoms with van der Waals surface area (Å²) in [5, 5.41) is 7.97. The van der Waals surface area contributed by atoms with Crippen LogP contribution in [-0.2, 0) is 6.54 Å². The largest absolute Gasteiger partial charge is 0.347 e. The lowest BCUT2D eigenvalue weighted by Gasteiger charge is -1.99. The van der Waals surface area contributed by atoms with Crippen LogP contribution in [0.25, 0.3) is 5.65 Å². The van der Waals surface area contributed by atoms with Gasteiger partial charge in [0.05, 0.1) is 17.3 Å². The van der Waals surface area contributed by atoms with E-state index >= 15 is 0 Å². The minimum atomic E-state index is 0.538. The van der Waals surface area contributed by atoms with Crippen LogP contribution in [0.2, 0.25) is 5.02 Å². The second kappa shape index (κ2) is 4.58. The molecule has 0 radical (unpaired) electrons. The first-order valence-electron chi connectivity index (χ1n) is 5.32. The molecular weight excluding hydrogens is 252 g/mol. The highest BCUT2D eigenvalue weighted by Gasteiger charge is 2.03. The zero-order valence-corrected chi connectivity index (χ0v) is 10.0. The van der Waals surface area contributed by atoms with Crippen LogP contribution in [0.5, 0.6) is 0 Å². The molecule has 0 aromatic carbocycles. The van der Waals surface area contributed by atoms with Gasteiger partial charge in [0.1, 0.15) is 6.33 Å². The molecule has 3 rings (SSSR count). The number of aromatic nitrogens is 5. The molecule has 0 aliphatic carbocycles. The number of fused-ring (bicyclic) bond motifs is 1. The van der Waals surface area contributed by atoms with Gasteiger partial charge in [-0.05, 0) is 18.2 Å². The minimum absolute atomic E-state index is 0.538. The van der Waals surface area contributed by atoms with Gasteiger partial charge in [-0.15, -0.1) is 5.10 Å². The molecule has 0 amide bonds. The summed E-state index contributed by atoms with van der Waals surface area (Å²) in [6.45, 7) is 0.549. The SMILES string of the molecule is Clc1ccc2nc(NCc3ccncn3)nn2c1. The van der Waals surface area contributed by atoms with Gasteiger partial charge >= 0.3 is 0 Å². The topological polar surface area (TPSA) is 68.0 Å². The maximum atomic E-state index is 5.87. The molecule has 1 N–H and O–H groups in total. The van der Waals surface area contributed by atoms with Crippen LogP contribution >= 0.6 is 11.6 Å². The first kappa shape index (κ1) is 10.9. The zero-order chi connectivity index (χ0) is 12.4. The average Bonchev–Trinajstić information content (AvgIpc) is 2.79. The fourth-order valence-corrected chi connectivity index (χ4v) is 1.68. The Morgan fingerprint density at radius 1 is 1.28 bits per heavy atom. The number of nitrogens with zero attached hydrogens (tertiary/aromatic N) is 5. The van der Waals surface area contributed by atoms with Crippen molar-refractivity contribution >= 4 is 23.2 Å². The van der Waals surface area contributed by atoms with E-state index in [1.165, 1.54) is 6.33 Å². The van der Waals surface area contributed by atoms with E-state index in [9.17, 15) is 0 Å². The molecule has 90 valence electrons. The van der Waals surface area contributed by atoms with Crippen molar-refractivity contribution in [2.24, 2.45) is 0 Å². The third-order valence-electron chi connectivity index (χ3n) is 2.37. The van der Waals surface area contributed by atoms with Crippen LogP contribution in [0.15, 0.2) is 36.9 Å². The molecular formula is C11H9ClN6. The van der Waals surface area contributed by atoms with E-state index in [2.05, 4.69) is 25.4 Å². The van der Waals surface area contributed by atoms with Crippen LogP contribution in [0.4, 0.5) is 5.95 Å². The number of nitrogens with one attached hydrogen (secondary N) is 1. The van der Waals surface area contributed by atoms with E-state index < -0.39 is 0 Å². The lowest BCUT2D eigenvalue weighted by atomic mass is 10.4. The van der Waals surface area contributed by atoms with Crippen molar-refractivity contribution in [2.45, 2.75) is 6.54 Å². The summed E-state index contributed by atoms with van der Waals surface area (Å²) < 4.78 is 1.63. The van der Waals surface area contributed by atoms with Crippen molar-refractivity contribution in [3.63, 3.8) is 0 Å². The Morgan fingerprint density at radius 2 is 2.22 bits per heavy atom. The number of hydrogen-bond acceptors (Lipinski definition) is 5. The van der Waals surface area contributed by atoms with Gasteiger partial charge in [-0.1, -0.05) is 11.6 Å². The third kappa shape index (κ3) is 2.23. The Labute approximate surface area is 108 Å². The Kier molecular flexibility index (Phi) is 2.77. The number of halogens is 1. The fraction of sp³-hybridized carbons (Fsp3) is 0.0909. The number of hydrogen-bond donors (Lipinski definition) is 1. The van der Waals surface area contributed by atoms with Crippen molar-refractivity contribution in [2.75, 3.05) is 5.32 Å². The van der Waals surface area contributed by atoms with Crippen LogP contribution in [-0.4, -0.2) is 24.6 Å². The Morgan fingerprint density at radius 3 is 3.06 bits per heavy atom. The van der Waals surface area contributed by atoms with Gasteiger partial charge in [0.15, 0.2) is 5.65 Å². The molecule has 0 spiro atoms. The maximum Gasteiger partial charge on any atom is 0.243 e. The highest BCUT2D eigenvalue weighted by molar-refractivity contribution is 6.30. The van der Waals surface area contributed by atoms with Crippen molar-refractivity contribution in [3.8, 4) is 0 Å². The number of pyridine rings is 1. The van der Waals surface area contributed by atoms with Crippen molar-refractivity contribution in [3.05, 3.63) is 47.6 Å². The lowest BCUT2D eigenvalue weighted by molar-refractivity contribution is 0.936. The zero-order valence-electron chi connectivity index (χ0n) is 9.29. The maximum absolute atomic E-state index is 5.87. The predicted molar refractivity (Wildman–Crippen MR) is 67.4 cm³/mol. The first-order valence-corrected chi connectivity index (χ1v) is 5.70. The van der Waals surface area contributed by atoms with Crippen molar-refractivity contribution in [1.82, 2.24) is 24.6 Å². The summed E-state index contributed by atoms with van der Waals surface area (Å²) >= 11 is 5.87. The van der Waals surface area contributed by atoms with Crippen molar-refractivity contribution < 1.29 is 0 Å². The Bertz CT molecular complexity index is 666. The molecule has 0 fully saturated rings. The molecule has 18 heavy (non-hydrogen) atoms. The Balaban J connectivity index is 1.79. The smallest absolute Gasteiger partial charge is 0.243 e. The molecule has 0 atom stereocenters. The molecule has 0 bridgehead atoms. The summed E-state index contributed by atoms with van der Waals surface area (Å²) in [4.78, 5) is 12.3. The van der Waals surface area contributed by atoms with Gasteiger partial charge in [0.25, 0.3) is 0 Å². The van der Waals surface area contributed by atoms with E-state index in [1.54, 1.807) is 23.0 Å². The summed E-state index contributed by atoms with van der Waals surface area (Å²) in [6, 6.07) is 5.42. The van der Waals surface area contributed by atoms with Gasteiger partial charge in [0, 0.05) is 12.4 Å². The van der Waals surface area contributed by atoms with Crippen LogP contribution < -0.4 is 5.32 Å². The molecule has 0 unspecified atom stereocenters. The number of rotatable bonds is 3. The summed E-state index contributed by atoms with van der Waals surface area (Å²) in [5.74, 6) is 0.538. The van der Waals surface area contributed by atoms with Crippen LogP contribution in [0.3, 0.4) is 0 Å². The average molecular weight is 261 g/mol. The Hall–Kier alpha value is -2.21. The fourth-order valence-electron chi connectivity index (χ4n) is 1.53. The van der Waals surface area contributed by atoms with E-state index in [0.29, 0.717) is 17.5 Å². The van der Waals surface area contributed by atoms with Crippen molar-refractivity contribution in [1.29, 1.82) is 0 Å². The number of anilines is 1. The normalized spacial score (nSPS) is 10.7. The minimum Gasteiger partial charge on any atom is -0.347 e. The van der Waals surface area contributed by atoms with Crippen LogP contribution in [0.1, 0.15) is 5.69 Å². The second-order valence-electron chi connectivity index (χ2n) is 3.64. The van der Waals surface area contributed by atoms with Gasteiger partial charge in [-0.2, -0.15) is 4.98 Å². The molecule has 3 heterocycles. The van der Waals surface area contributed by atoms with Gasteiger partial charge in [0.2, 0.25) is 5.95 Å². The first-order chi connectivity index (χ1) is 8.81. The molecule has 3 aromatic heterocycles. The predicted octanol–water partition coefficient (Wildman–Crippen LogP) is 1.78. The van der Waals surface area contributed by atoms with E-state index in [0.717, 1.165) is 11.3 Å². The van der Waals surface area contributed by atoms with E-state index in [-0.39, 0.29) is 0 Å². The molecule has 6 nitrogen and oxygen atoms in total. The molecule has 0 saturated heterocycles. The molecule has 3 aromatic rings. The summed E-state index contributed by atoms with van der Waals surface area (Å²) in [5.41, 5.74) is 1.62. The monoisotopic (exact) mass is 260 g/mol. The quantitative estimate of drug-likeness (QED) is 0.778. The molecule has 0 saturated carbocycles. The lowest BCUT2D eigenvalue weighted by Crippen LogP contribution is -2.03. The summed E-state index contributed by atoms with van der Waals surface area (Å²) in [7, 11) is 0. The van der Waals surface area contributed by atoms with Gasteiger partial charge in [-0.25, -0.2) is 14.5 Å². The highest BCUT2D eigenvalue weighted by atomic mass is 35.5. The van der Waals surface area contributed by atoms with Gasteiger partial charge in [-0.3, -0.25) is 0 Å². The standard InChI is InChI=1S/C11H9ClN6/c12-8-1-2-10-16-11(17-18(10)6-8)14-5-9-3-4-13-7-15-9/h1-4,6-7H,5H2,(H,14,17). The van der Waals surface area contributed by atoms with Gasteiger partial charge < -0.3 is 5.32 Å². The molecule has 0 aliphatic rings. The second-order valence-corrected chi connectivity index (χ2v) is 4.08. The van der Waals surface area contributed by atoms with Crippen LogP contribution in [0, 0.1) is 0 Å². The highest BCUT2D eigenvalue weighted by Crippen LogP contribution is 2.11. The third-order valence-corrected chi connectivity index (χ3v) is 2.59. The molecule has 7 heteroatoms. The van der Waals surface area contributed by atoms with E-state index in [4.69, 9.17) is 11.6 Å². The van der Waals surface area contributed by atoms with E-state index in [1.807, 2.05) is 12.1 Å². The molecule has 0 aliphatic heterocycles.